The van der Waals surface area contributed by atoms with E-state index in [1.54, 1.807) is 0 Å². The van der Waals surface area contributed by atoms with Crippen molar-refractivity contribution in [1.82, 2.24) is 9.97 Å². The molecule has 16 rings (SSSR count). The number of furan rings is 3. The summed E-state index contributed by atoms with van der Waals surface area (Å²) in [6, 6.07) is 77.3. The van der Waals surface area contributed by atoms with Crippen LogP contribution in [0.1, 0.15) is 22.3 Å². The molecule has 5 nitrogen and oxygen atoms in total. The Kier molecular flexibility index (Phi) is 7.48. The molecule has 4 heterocycles. The number of aromatic nitrogens is 2. The molecule has 324 valence electrons. The first-order valence-electron chi connectivity index (χ1n) is 23.8. The van der Waals surface area contributed by atoms with Crippen molar-refractivity contribution in [3.05, 3.63) is 241 Å². The lowest BCUT2D eigenvalue weighted by molar-refractivity contribution is 0.665. The Hall–Kier alpha value is -9.32. The fourth-order valence-corrected chi connectivity index (χ4v) is 12.2. The standard InChI is InChI=1S/C65H36N2O3/c1-3-15-38(16-4-1)52-36-53(39-17-5-2-6-18-39)67-64(66-52)40-29-27-37(28-30-40)47-35-51-60(63-57(47)46-22-10-14-26-56(46)70-63)59-50(34-32-44-42-20-9-13-25-55(42)69-62(44)59)65(51)48-23-11-7-21-45(48)58-49(65)33-31-43-41-19-8-12-24-54(41)68-61(43)58/h1-36H. The van der Waals surface area contributed by atoms with Crippen molar-refractivity contribution < 1.29 is 13.3 Å². The molecule has 4 aromatic heterocycles. The molecule has 2 aliphatic rings. The molecule has 0 saturated heterocycles. The molecule has 0 bridgehead atoms. The van der Waals surface area contributed by atoms with Crippen molar-refractivity contribution in [3.63, 3.8) is 0 Å². The topological polar surface area (TPSA) is 65.2 Å². The molecular formula is C65H36N2O3. The minimum Gasteiger partial charge on any atom is -0.455 e. The highest BCUT2D eigenvalue weighted by molar-refractivity contribution is 6.23. The molecule has 1 unspecified atom stereocenters. The van der Waals surface area contributed by atoms with Gasteiger partial charge in [-0.1, -0.05) is 188 Å². The lowest BCUT2D eigenvalue weighted by Gasteiger charge is -2.30. The Morgan fingerprint density at radius 1 is 0.300 bits per heavy atom. The third kappa shape index (κ3) is 4.95. The molecule has 14 aromatic rings. The predicted molar refractivity (Wildman–Crippen MR) is 282 cm³/mol. The number of rotatable bonds is 4. The summed E-state index contributed by atoms with van der Waals surface area (Å²) in [6.45, 7) is 0. The first-order valence-corrected chi connectivity index (χ1v) is 23.8. The van der Waals surface area contributed by atoms with E-state index in [1.165, 1.54) is 11.1 Å². The van der Waals surface area contributed by atoms with Crippen LogP contribution in [0, 0.1) is 0 Å². The molecule has 0 fully saturated rings. The van der Waals surface area contributed by atoms with Crippen molar-refractivity contribution in [2.75, 3.05) is 0 Å². The smallest absolute Gasteiger partial charge is 0.160 e. The fraction of sp³-hybridized carbons (Fsp3) is 0.0154. The van der Waals surface area contributed by atoms with E-state index in [-0.39, 0.29) is 0 Å². The van der Waals surface area contributed by atoms with Gasteiger partial charge in [-0.2, -0.15) is 0 Å². The molecule has 0 N–H and O–H groups in total. The molecule has 0 amide bonds. The zero-order chi connectivity index (χ0) is 45.7. The zero-order valence-electron chi connectivity index (χ0n) is 37.4. The molecular weight excluding hydrogens is 857 g/mol. The highest BCUT2D eigenvalue weighted by Crippen LogP contribution is 2.67. The van der Waals surface area contributed by atoms with Crippen LogP contribution in [0.25, 0.3) is 133 Å². The number of hydrogen-bond acceptors (Lipinski definition) is 5. The summed E-state index contributed by atoms with van der Waals surface area (Å²) < 4.78 is 21.2. The number of hydrogen-bond donors (Lipinski definition) is 0. The molecule has 10 aromatic carbocycles. The number of nitrogens with zero attached hydrogens (tertiary/aromatic N) is 2. The predicted octanol–water partition coefficient (Wildman–Crippen LogP) is 17.2. The van der Waals surface area contributed by atoms with Crippen LogP contribution >= 0.6 is 0 Å². The van der Waals surface area contributed by atoms with E-state index < -0.39 is 5.41 Å². The third-order valence-electron chi connectivity index (χ3n) is 15.1. The molecule has 0 radical (unpaired) electrons. The van der Waals surface area contributed by atoms with Crippen molar-refractivity contribution in [2.24, 2.45) is 0 Å². The average molecular weight is 893 g/mol. The van der Waals surface area contributed by atoms with Gasteiger partial charge in [0.2, 0.25) is 0 Å². The van der Waals surface area contributed by atoms with Crippen LogP contribution in [0.3, 0.4) is 0 Å². The van der Waals surface area contributed by atoms with Gasteiger partial charge in [0.1, 0.15) is 33.5 Å². The molecule has 5 heteroatoms. The maximum atomic E-state index is 7.25. The quantitative estimate of drug-likeness (QED) is 0.176. The van der Waals surface area contributed by atoms with Gasteiger partial charge < -0.3 is 13.3 Å². The maximum Gasteiger partial charge on any atom is 0.160 e. The van der Waals surface area contributed by atoms with Crippen molar-refractivity contribution in [2.45, 2.75) is 5.41 Å². The van der Waals surface area contributed by atoms with E-state index >= 15 is 0 Å². The summed E-state index contributed by atoms with van der Waals surface area (Å²) in [7, 11) is 0. The van der Waals surface area contributed by atoms with Gasteiger partial charge in [0.15, 0.2) is 5.82 Å². The number of para-hydroxylation sites is 3. The van der Waals surface area contributed by atoms with E-state index in [0.29, 0.717) is 5.82 Å². The van der Waals surface area contributed by atoms with Crippen molar-refractivity contribution in [3.8, 4) is 67.3 Å². The zero-order valence-corrected chi connectivity index (χ0v) is 37.4. The van der Waals surface area contributed by atoms with E-state index in [0.717, 1.165) is 138 Å². The van der Waals surface area contributed by atoms with E-state index in [1.807, 2.05) is 24.3 Å². The van der Waals surface area contributed by atoms with Gasteiger partial charge in [-0.15, -0.1) is 0 Å². The minimum absolute atomic E-state index is 0.667. The summed E-state index contributed by atoms with van der Waals surface area (Å²) >= 11 is 0. The summed E-state index contributed by atoms with van der Waals surface area (Å²) in [5, 5.41) is 6.50. The first kappa shape index (κ1) is 37.7. The Bertz CT molecular complexity index is 4470. The Morgan fingerprint density at radius 2 is 0.786 bits per heavy atom. The van der Waals surface area contributed by atoms with E-state index in [2.05, 4.69) is 194 Å². The normalized spacial score (nSPS) is 14.6. The van der Waals surface area contributed by atoms with Gasteiger partial charge >= 0.3 is 0 Å². The summed E-state index contributed by atoms with van der Waals surface area (Å²) in [5.74, 6) is 0.667. The van der Waals surface area contributed by atoms with Gasteiger partial charge in [0, 0.05) is 65.7 Å². The number of fused-ring (bicyclic) bond motifs is 22. The minimum atomic E-state index is -0.752. The second kappa shape index (κ2) is 13.9. The lowest BCUT2D eigenvalue weighted by atomic mass is 9.70. The molecule has 1 spiro atoms. The number of benzene rings is 10. The summed E-state index contributed by atoms with van der Waals surface area (Å²) in [4.78, 5) is 10.4. The van der Waals surface area contributed by atoms with Crippen LogP contribution in [0.4, 0.5) is 0 Å². The first-order chi connectivity index (χ1) is 34.7. The SMILES string of the molecule is c1ccc(-c2cc(-c3ccccc3)nc(-c3ccc(-c4cc5c(c6oc7ccccc7c46)-c4c(ccc6c4oc4ccccc46)C54c5ccccc5-c5c4ccc4c5oc5ccccc54)cc3)n2)cc1. The molecule has 0 aliphatic heterocycles. The van der Waals surface area contributed by atoms with Crippen molar-refractivity contribution in [1.29, 1.82) is 0 Å². The van der Waals surface area contributed by atoms with Gasteiger partial charge in [-0.25, -0.2) is 9.97 Å². The van der Waals surface area contributed by atoms with Crippen LogP contribution in [0.15, 0.2) is 232 Å². The molecule has 0 saturated carbocycles. The second-order valence-corrected chi connectivity index (χ2v) is 18.6. The Labute approximate surface area is 400 Å². The summed E-state index contributed by atoms with van der Waals surface area (Å²) in [5.41, 5.74) is 20.4. The van der Waals surface area contributed by atoms with Crippen LogP contribution in [0.5, 0.6) is 0 Å². The lowest BCUT2D eigenvalue weighted by Crippen LogP contribution is -2.26. The maximum absolute atomic E-state index is 7.25. The van der Waals surface area contributed by atoms with Gasteiger partial charge in [0.25, 0.3) is 0 Å². The fourth-order valence-electron chi connectivity index (χ4n) is 12.2. The van der Waals surface area contributed by atoms with Gasteiger partial charge in [-0.05, 0) is 69.3 Å². The Morgan fingerprint density at radius 3 is 1.43 bits per heavy atom. The van der Waals surface area contributed by atoms with Crippen LogP contribution in [0.2, 0.25) is 0 Å². The highest BCUT2D eigenvalue weighted by Gasteiger charge is 2.55. The van der Waals surface area contributed by atoms with Crippen LogP contribution in [-0.2, 0) is 5.41 Å². The monoisotopic (exact) mass is 892 g/mol. The summed E-state index contributed by atoms with van der Waals surface area (Å²) in [6.07, 6.45) is 0. The molecule has 1 atom stereocenters. The molecule has 70 heavy (non-hydrogen) atoms. The van der Waals surface area contributed by atoms with Gasteiger partial charge in [0.05, 0.1) is 16.8 Å². The third-order valence-corrected chi connectivity index (χ3v) is 15.1. The average Bonchev–Trinajstić information content (AvgIpc) is 4.24. The van der Waals surface area contributed by atoms with Crippen LogP contribution in [-0.4, -0.2) is 9.97 Å². The van der Waals surface area contributed by atoms with E-state index in [9.17, 15) is 0 Å². The van der Waals surface area contributed by atoms with Crippen molar-refractivity contribution >= 4 is 65.8 Å². The Balaban J connectivity index is 0.995. The highest BCUT2D eigenvalue weighted by atomic mass is 16.3. The largest absolute Gasteiger partial charge is 0.455 e. The second-order valence-electron chi connectivity index (χ2n) is 18.6. The van der Waals surface area contributed by atoms with Crippen LogP contribution < -0.4 is 0 Å². The van der Waals surface area contributed by atoms with E-state index in [4.69, 9.17) is 23.2 Å². The molecule has 2 aliphatic carbocycles. The van der Waals surface area contributed by atoms with Gasteiger partial charge in [-0.3, -0.25) is 0 Å².